The molecule has 0 aromatic rings. The van der Waals surface area contributed by atoms with Crippen molar-refractivity contribution in [1.29, 1.82) is 0 Å². The summed E-state index contributed by atoms with van der Waals surface area (Å²) in [4.78, 5) is 12.7. The third kappa shape index (κ3) is 2.79. The number of nitrogens with zero attached hydrogens (tertiary/aromatic N) is 1. The number of hydrogen-bond donors (Lipinski definition) is 2. The molecule has 1 amide bonds. The molecule has 70 valence electrons. The molecular weight excluding hydrogens is 154 g/mol. The Bertz CT molecular complexity index is 152. The molecule has 0 bridgehead atoms. The molecule has 0 aromatic carbocycles. The predicted molar refractivity (Wildman–Crippen MR) is 47.4 cm³/mol. The molecule has 1 rings (SSSR count). The van der Waals surface area contributed by atoms with Crippen LogP contribution in [0.3, 0.4) is 0 Å². The maximum Gasteiger partial charge on any atom is 0.231 e. The Balaban J connectivity index is 2.21. The molecular formula is C8H17N3O. The number of primary amides is 1. The van der Waals surface area contributed by atoms with Crippen LogP contribution in [0.5, 0.6) is 0 Å². The van der Waals surface area contributed by atoms with Crippen LogP contribution in [-0.2, 0) is 4.79 Å². The third-order valence-electron chi connectivity index (χ3n) is 2.42. The highest BCUT2D eigenvalue weighted by atomic mass is 16.1. The summed E-state index contributed by atoms with van der Waals surface area (Å²) in [6.45, 7) is 3.09. The number of hydrogen-bond acceptors (Lipinski definition) is 3. The molecule has 1 heterocycles. The summed E-state index contributed by atoms with van der Waals surface area (Å²) in [5.74, 6) is 0.412. The Kier molecular flexibility index (Phi) is 3.49. The first-order chi connectivity index (χ1) is 5.72. The second-order valence-corrected chi connectivity index (χ2v) is 3.42. The lowest BCUT2D eigenvalue weighted by Gasteiger charge is -2.30. The van der Waals surface area contributed by atoms with Crippen LogP contribution in [0.4, 0.5) is 0 Å². The minimum absolute atomic E-state index is 0.235. The largest absolute Gasteiger partial charge is 0.369 e. The molecule has 0 atom stereocenters. The molecule has 12 heavy (non-hydrogen) atoms. The first kappa shape index (κ1) is 9.48. The van der Waals surface area contributed by atoms with E-state index in [9.17, 15) is 4.79 Å². The number of likely N-dealkylation sites (tertiary alicyclic amines) is 1. The SMILES string of the molecule is NCC1CCN(CC(N)=O)CC1. The van der Waals surface area contributed by atoms with Crippen molar-refractivity contribution >= 4 is 5.91 Å². The van der Waals surface area contributed by atoms with Gasteiger partial charge in [0, 0.05) is 0 Å². The van der Waals surface area contributed by atoms with Crippen LogP contribution in [0.2, 0.25) is 0 Å². The molecule has 0 unspecified atom stereocenters. The second kappa shape index (κ2) is 4.42. The highest BCUT2D eigenvalue weighted by Gasteiger charge is 2.18. The van der Waals surface area contributed by atoms with Crippen LogP contribution >= 0.6 is 0 Å². The molecule has 4 nitrogen and oxygen atoms in total. The average Bonchev–Trinajstić information content (AvgIpc) is 2.05. The fourth-order valence-corrected chi connectivity index (χ4v) is 1.60. The van der Waals surface area contributed by atoms with Gasteiger partial charge in [-0.05, 0) is 38.4 Å². The van der Waals surface area contributed by atoms with Crippen LogP contribution in [0.1, 0.15) is 12.8 Å². The summed E-state index contributed by atoms with van der Waals surface area (Å²) in [5.41, 5.74) is 10.6. The van der Waals surface area contributed by atoms with E-state index in [1.807, 2.05) is 0 Å². The third-order valence-corrected chi connectivity index (χ3v) is 2.42. The molecule has 0 spiro atoms. The van der Waals surface area contributed by atoms with E-state index in [1.165, 1.54) is 0 Å². The van der Waals surface area contributed by atoms with Gasteiger partial charge in [-0.15, -0.1) is 0 Å². The lowest BCUT2D eigenvalue weighted by atomic mass is 9.97. The van der Waals surface area contributed by atoms with Crippen LogP contribution < -0.4 is 11.5 Å². The number of amides is 1. The summed E-state index contributed by atoms with van der Waals surface area (Å²) >= 11 is 0. The molecule has 0 aromatic heterocycles. The monoisotopic (exact) mass is 171 g/mol. The van der Waals surface area contributed by atoms with Crippen molar-refractivity contribution in [2.75, 3.05) is 26.2 Å². The number of piperidine rings is 1. The number of carbonyl (C=O) groups excluding carboxylic acids is 1. The van der Waals surface area contributed by atoms with Crippen molar-refractivity contribution in [3.63, 3.8) is 0 Å². The highest BCUT2D eigenvalue weighted by molar-refractivity contribution is 5.75. The van der Waals surface area contributed by atoms with Gasteiger partial charge in [0.05, 0.1) is 6.54 Å². The first-order valence-electron chi connectivity index (χ1n) is 4.43. The van der Waals surface area contributed by atoms with Crippen molar-refractivity contribution in [3.05, 3.63) is 0 Å². The number of carbonyl (C=O) groups is 1. The molecule has 1 saturated heterocycles. The van der Waals surface area contributed by atoms with Crippen molar-refractivity contribution in [3.8, 4) is 0 Å². The number of rotatable bonds is 3. The van der Waals surface area contributed by atoms with Gasteiger partial charge in [0.2, 0.25) is 5.91 Å². The maximum absolute atomic E-state index is 10.6. The van der Waals surface area contributed by atoms with Crippen LogP contribution in [0.25, 0.3) is 0 Å². The lowest BCUT2D eigenvalue weighted by molar-refractivity contribution is -0.119. The zero-order valence-electron chi connectivity index (χ0n) is 7.33. The van der Waals surface area contributed by atoms with E-state index in [2.05, 4.69) is 4.90 Å². The fraction of sp³-hybridized carbons (Fsp3) is 0.875. The van der Waals surface area contributed by atoms with Crippen molar-refractivity contribution in [1.82, 2.24) is 4.90 Å². The minimum Gasteiger partial charge on any atom is -0.369 e. The van der Waals surface area contributed by atoms with E-state index in [4.69, 9.17) is 11.5 Å². The van der Waals surface area contributed by atoms with Crippen LogP contribution in [-0.4, -0.2) is 37.0 Å². The van der Waals surface area contributed by atoms with E-state index < -0.39 is 0 Å². The quantitative estimate of drug-likeness (QED) is 0.580. The molecule has 0 radical (unpaired) electrons. The summed E-state index contributed by atoms with van der Waals surface area (Å²) in [7, 11) is 0. The normalized spacial score (nSPS) is 21.1. The van der Waals surface area contributed by atoms with Gasteiger partial charge in [-0.1, -0.05) is 0 Å². The van der Waals surface area contributed by atoms with E-state index in [0.717, 1.165) is 32.5 Å². The van der Waals surface area contributed by atoms with Gasteiger partial charge in [0.15, 0.2) is 0 Å². The minimum atomic E-state index is -0.235. The van der Waals surface area contributed by atoms with E-state index in [0.29, 0.717) is 12.5 Å². The van der Waals surface area contributed by atoms with Crippen molar-refractivity contribution in [2.45, 2.75) is 12.8 Å². The Morgan fingerprint density at radius 3 is 2.42 bits per heavy atom. The summed E-state index contributed by atoms with van der Waals surface area (Å²) < 4.78 is 0. The molecule has 1 aliphatic heterocycles. The predicted octanol–water partition coefficient (Wildman–Crippen LogP) is -0.858. The second-order valence-electron chi connectivity index (χ2n) is 3.42. The zero-order valence-corrected chi connectivity index (χ0v) is 7.33. The Morgan fingerprint density at radius 1 is 1.42 bits per heavy atom. The van der Waals surface area contributed by atoms with Crippen LogP contribution in [0, 0.1) is 5.92 Å². The zero-order chi connectivity index (χ0) is 8.97. The molecule has 4 N–H and O–H groups in total. The molecule has 0 aliphatic carbocycles. The van der Waals surface area contributed by atoms with Crippen molar-refractivity contribution in [2.24, 2.45) is 17.4 Å². The van der Waals surface area contributed by atoms with Crippen molar-refractivity contribution < 1.29 is 4.79 Å². The topological polar surface area (TPSA) is 72.3 Å². The van der Waals surface area contributed by atoms with Crippen LogP contribution in [0.15, 0.2) is 0 Å². The highest BCUT2D eigenvalue weighted by Crippen LogP contribution is 2.14. The maximum atomic E-state index is 10.6. The first-order valence-corrected chi connectivity index (χ1v) is 4.43. The number of nitrogens with two attached hydrogens (primary N) is 2. The van der Waals surface area contributed by atoms with Gasteiger partial charge in [-0.2, -0.15) is 0 Å². The standard InChI is InChI=1S/C8H17N3O/c9-5-7-1-3-11(4-2-7)6-8(10)12/h7H,1-6,9H2,(H2,10,12). The Morgan fingerprint density at radius 2 is 2.00 bits per heavy atom. The summed E-state index contributed by atoms with van der Waals surface area (Å²) in [6, 6.07) is 0. The van der Waals surface area contributed by atoms with Gasteiger partial charge in [-0.3, -0.25) is 9.69 Å². The summed E-state index contributed by atoms with van der Waals surface area (Å²) in [6.07, 6.45) is 2.20. The fourth-order valence-electron chi connectivity index (χ4n) is 1.60. The van der Waals surface area contributed by atoms with Gasteiger partial charge < -0.3 is 11.5 Å². The van der Waals surface area contributed by atoms with E-state index in [-0.39, 0.29) is 5.91 Å². The smallest absolute Gasteiger partial charge is 0.231 e. The van der Waals surface area contributed by atoms with Gasteiger partial charge >= 0.3 is 0 Å². The molecule has 1 aliphatic rings. The van der Waals surface area contributed by atoms with Gasteiger partial charge in [-0.25, -0.2) is 0 Å². The van der Waals surface area contributed by atoms with E-state index >= 15 is 0 Å². The van der Waals surface area contributed by atoms with E-state index in [1.54, 1.807) is 0 Å². The Hall–Kier alpha value is -0.610. The lowest BCUT2D eigenvalue weighted by Crippen LogP contribution is -2.40. The Labute approximate surface area is 72.9 Å². The molecule has 1 fully saturated rings. The molecule has 4 heteroatoms. The average molecular weight is 171 g/mol. The summed E-state index contributed by atoms with van der Waals surface area (Å²) in [5, 5.41) is 0. The van der Waals surface area contributed by atoms with Gasteiger partial charge in [0.25, 0.3) is 0 Å². The van der Waals surface area contributed by atoms with Gasteiger partial charge in [0.1, 0.15) is 0 Å². The molecule has 0 saturated carbocycles.